The Kier molecular flexibility index (Phi) is 6.35. The summed E-state index contributed by atoms with van der Waals surface area (Å²) in [6.07, 6.45) is 13.0. The maximum Gasteiger partial charge on any atom is 0.0963 e. The van der Waals surface area contributed by atoms with Gasteiger partial charge in [0.05, 0.1) is 18.1 Å². The van der Waals surface area contributed by atoms with Gasteiger partial charge in [-0.3, -0.25) is 0 Å². The Morgan fingerprint density at radius 3 is 2.35 bits per heavy atom. The summed E-state index contributed by atoms with van der Waals surface area (Å²) in [6.45, 7) is 4.11. The molecule has 1 atom stereocenters. The second kappa shape index (κ2) is 7.54. The third-order valence-corrected chi connectivity index (χ3v) is 3.41. The molecular formula is C15H26O2. The van der Waals surface area contributed by atoms with Crippen molar-refractivity contribution in [3.05, 3.63) is 24.2 Å². The third kappa shape index (κ3) is 5.40. The van der Waals surface area contributed by atoms with E-state index in [2.05, 4.69) is 6.92 Å². The Labute approximate surface area is 105 Å². The summed E-state index contributed by atoms with van der Waals surface area (Å²) in [5.74, 6) is 0. The van der Waals surface area contributed by atoms with Crippen molar-refractivity contribution in [2.75, 3.05) is 0 Å². The average Bonchev–Trinajstić information content (AvgIpc) is 2.82. The second-order valence-electron chi connectivity index (χ2n) is 5.16. The Morgan fingerprint density at radius 1 is 1.12 bits per heavy atom. The molecule has 0 aliphatic rings. The van der Waals surface area contributed by atoms with Gasteiger partial charge in [-0.1, -0.05) is 51.9 Å². The predicted octanol–water partition coefficient (Wildman–Crippen LogP) is 4.63. The maximum absolute atomic E-state index is 10.3. The standard InChI is InChI=1S/C15H26O2/c1-3-4-5-6-7-8-9-11-15(2,16)14-10-12-17-13-14/h10,12-13,16H,3-9,11H2,1-2H3. The van der Waals surface area contributed by atoms with E-state index in [1.807, 2.05) is 13.0 Å². The van der Waals surface area contributed by atoms with Crippen LogP contribution >= 0.6 is 0 Å². The molecule has 2 heteroatoms. The van der Waals surface area contributed by atoms with Crippen LogP contribution in [0.25, 0.3) is 0 Å². The molecule has 0 saturated heterocycles. The predicted molar refractivity (Wildman–Crippen MR) is 70.9 cm³/mol. The van der Waals surface area contributed by atoms with Crippen LogP contribution in [0.3, 0.4) is 0 Å². The Morgan fingerprint density at radius 2 is 1.76 bits per heavy atom. The van der Waals surface area contributed by atoms with Gasteiger partial charge in [0.25, 0.3) is 0 Å². The highest BCUT2D eigenvalue weighted by Crippen LogP contribution is 2.27. The van der Waals surface area contributed by atoms with Gasteiger partial charge >= 0.3 is 0 Å². The summed E-state index contributed by atoms with van der Waals surface area (Å²) in [4.78, 5) is 0. The van der Waals surface area contributed by atoms with Gasteiger partial charge in [-0.25, -0.2) is 0 Å². The molecule has 98 valence electrons. The van der Waals surface area contributed by atoms with Crippen molar-refractivity contribution >= 4 is 0 Å². The minimum atomic E-state index is -0.726. The van der Waals surface area contributed by atoms with Gasteiger partial charge in [-0.05, 0) is 19.4 Å². The van der Waals surface area contributed by atoms with Crippen molar-refractivity contribution in [3.8, 4) is 0 Å². The van der Waals surface area contributed by atoms with E-state index in [9.17, 15) is 5.11 Å². The molecule has 0 aromatic carbocycles. The molecule has 0 amide bonds. The van der Waals surface area contributed by atoms with Crippen LogP contribution in [0.4, 0.5) is 0 Å². The molecule has 1 aromatic heterocycles. The van der Waals surface area contributed by atoms with Gasteiger partial charge in [-0.2, -0.15) is 0 Å². The highest BCUT2D eigenvalue weighted by atomic mass is 16.3. The van der Waals surface area contributed by atoms with Gasteiger partial charge < -0.3 is 9.52 Å². The fraction of sp³-hybridized carbons (Fsp3) is 0.733. The van der Waals surface area contributed by atoms with Crippen LogP contribution in [0, 0.1) is 0 Å². The molecule has 2 nitrogen and oxygen atoms in total. The molecule has 17 heavy (non-hydrogen) atoms. The van der Waals surface area contributed by atoms with Crippen molar-refractivity contribution in [1.29, 1.82) is 0 Å². The maximum atomic E-state index is 10.3. The summed E-state index contributed by atoms with van der Waals surface area (Å²) in [5.41, 5.74) is 0.166. The topological polar surface area (TPSA) is 33.4 Å². The van der Waals surface area contributed by atoms with Crippen molar-refractivity contribution in [3.63, 3.8) is 0 Å². The monoisotopic (exact) mass is 238 g/mol. The first-order chi connectivity index (χ1) is 8.17. The van der Waals surface area contributed by atoms with E-state index in [4.69, 9.17) is 4.42 Å². The van der Waals surface area contributed by atoms with Crippen molar-refractivity contribution in [1.82, 2.24) is 0 Å². The highest BCUT2D eigenvalue weighted by molar-refractivity contribution is 5.14. The fourth-order valence-corrected chi connectivity index (χ4v) is 2.14. The van der Waals surface area contributed by atoms with Crippen LogP contribution in [-0.4, -0.2) is 5.11 Å². The van der Waals surface area contributed by atoms with Crippen LogP contribution in [0.2, 0.25) is 0 Å². The van der Waals surface area contributed by atoms with Crippen LogP contribution in [0.5, 0.6) is 0 Å². The molecule has 0 bridgehead atoms. The lowest BCUT2D eigenvalue weighted by Gasteiger charge is -2.21. The lowest BCUT2D eigenvalue weighted by Crippen LogP contribution is -2.19. The zero-order chi connectivity index (χ0) is 12.6. The van der Waals surface area contributed by atoms with Gasteiger partial charge in [0.15, 0.2) is 0 Å². The fourth-order valence-electron chi connectivity index (χ4n) is 2.14. The van der Waals surface area contributed by atoms with E-state index in [0.717, 1.165) is 18.4 Å². The van der Waals surface area contributed by atoms with E-state index in [1.54, 1.807) is 12.5 Å². The van der Waals surface area contributed by atoms with Crippen LogP contribution in [-0.2, 0) is 5.60 Å². The number of furan rings is 1. The molecule has 0 aliphatic carbocycles. The number of hydrogen-bond donors (Lipinski definition) is 1. The molecule has 1 rings (SSSR count). The van der Waals surface area contributed by atoms with Crippen molar-refractivity contribution in [2.24, 2.45) is 0 Å². The van der Waals surface area contributed by atoms with Crippen molar-refractivity contribution < 1.29 is 9.52 Å². The Hall–Kier alpha value is -0.760. The number of unbranched alkanes of at least 4 members (excludes halogenated alkanes) is 6. The number of rotatable bonds is 9. The summed E-state index contributed by atoms with van der Waals surface area (Å²) < 4.78 is 5.01. The smallest absolute Gasteiger partial charge is 0.0963 e. The highest BCUT2D eigenvalue weighted by Gasteiger charge is 2.23. The summed E-state index contributed by atoms with van der Waals surface area (Å²) in [5, 5.41) is 10.3. The molecule has 0 saturated carbocycles. The lowest BCUT2D eigenvalue weighted by atomic mass is 9.92. The van der Waals surface area contributed by atoms with E-state index in [-0.39, 0.29) is 0 Å². The minimum absolute atomic E-state index is 0.726. The van der Waals surface area contributed by atoms with Gasteiger partial charge in [0.1, 0.15) is 0 Å². The van der Waals surface area contributed by atoms with Gasteiger partial charge in [0, 0.05) is 5.56 Å². The first-order valence-corrected chi connectivity index (χ1v) is 6.92. The molecule has 1 heterocycles. The lowest BCUT2D eigenvalue weighted by molar-refractivity contribution is 0.0442. The zero-order valence-electron chi connectivity index (χ0n) is 11.2. The third-order valence-electron chi connectivity index (χ3n) is 3.41. The minimum Gasteiger partial charge on any atom is -0.472 e. The first-order valence-electron chi connectivity index (χ1n) is 6.92. The normalized spacial score (nSPS) is 14.8. The van der Waals surface area contributed by atoms with E-state index in [0.29, 0.717) is 0 Å². The molecule has 1 N–H and O–H groups in total. The summed E-state index contributed by atoms with van der Waals surface area (Å²) >= 11 is 0. The largest absolute Gasteiger partial charge is 0.472 e. The SMILES string of the molecule is CCCCCCCCCC(C)(O)c1ccoc1. The first kappa shape index (κ1) is 14.3. The van der Waals surface area contributed by atoms with E-state index in [1.165, 1.54) is 38.5 Å². The average molecular weight is 238 g/mol. The number of aliphatic hydroxyl groups is 1. The van der Waals surface area contributed by atoms with Crippen LogP contribution in [0.1, 0.15) is 70.8 Å². The molecule has 0 aliphatic heterocycles. The zero-order valence-corrected chi connectivity index (χ0v) is 11.2. The molecule has 0 spiro atoms. The van der Waals surface area contributed by atoms with E-state index >= 15 is 0 Å². The Balaban J connectivity index is 2.10. The second-order valence-corrected chi connectivity index (χ2v) is 5.16. The molecule has 1 aromatic rings. The molecule has 0 fully saturated rings. The molecular weight excluding hydrogens is 212 g/mol. The van der Waals surface area contributed by atoms with Crippen LogP contribution < -0.4 is 0 Å². The van der Waals surface area contributed by atoms with Gasteiger partial charge in [0.2, 0.25) is 0 Å². The summed E-state index contributed by atoms with van der Waals surface area (Å²) in [6, 6.07) is 1.85. The molecule has 1 unspecified atom stereocenters. The molecule has 0 radical (unpaired) electrons. The van der Waals surface area contributed by atoms with Crippen LogP contribution in [0.15, 0.2) is 23.0 Å². The Bertz CT molecular complexity index is 275. The number of hydrogen-bond acceptors (Lipinski definition) is 2. The van der Waals surface area contributed by atoms with Gasteiger partial charge in [-0.15, -0.1) is 0 Å². The van der Waals surface area contributed by atoms with E-state index < -0.39 is 5.60 Å². The van der Waals surface area contributed by atoms with Crippen molar-refractivity contribution in [2.45, 2.75) is 70.8 Å². The quantitative estimate of drug-likeness (QED) is 0.636. The summed E-state index contributed by atoms with van der Waals surface area (Å²) in [7, 11) is 0.